The van der Waals surface area contributed by atoms with Crippen LogP contribution >= 0.6 is 0 Å². The van der Waals surface area contributed by atoms with Crippen molar-refractivity contribution in [2.24, 2.45) is 11.7 Å². The molecule has 0 heterocycles. The fourth-order valence-electron chi connectivity index (χ4n) is 1.88. The number of carbonyl (C=O) groups is 2. The van der Waals surface area contributed by atoms with Crippen LogP contribution in [0.5, 0.6) is 0 Å². The summed E-state index contributed by atoms with van der Waals surface area (Å²) in [7, 11) is 0. The predicted octanol–water partition coefficient (Wildman–Crippen LogP) is 1.69. The smallest absolute Gasteiger partial charge is 0.303 e. The maximum atomic E-state index is 11.9. The number of hydrogen-bond acceptors (Lipinski definition) is 3. The van der Waals surface area contributed by atoms with Crippen LogP contribution in [0, 0.1) is 5.92 Å². The summed E-state index contributed by atoms with van der Waals surface area (Å²) in [4.78, 5) is 22.3. The summed E-state index contributed by atoms with van der Waals surface area (Å²) in [5.41, 5.74) is 6.65. The summed E-state index contributed by atoms with van der Waals surface area (Å²) in [6, 6.07) is 8.54. The Morgan fingerprint density at radius 3 is 2.50 bits per heavy atom. The van der Waals surface area contributed by atoms with Crippen molar-refractivity contribution in [2.45, 2.75) is 32.2 Å². The van der Waals surface area contributed by atoms with Crippen LogP contribution < -0.4 is 11.1 Å². The summed E-state index contributed by atoms with van der Waals surface area (Å²) < 4.78 is 0. The molecule has 0 aliphatic rings. The van der Waals surface area contributed by atoms with Crippen LogP contribution in [0.2, 0.25) is 0 Å². The van der Waals surface area contributed by atoms with Crippen molar-refractivity contribution in [3.8, 4) is 0 Å². The van der Waals surface area contributed by atoms with Gasteiger partial charge in [-0.3, -0.25) is 9.59 Å². The van der Waals surface area contributed by atoms with Crippen LogP contribution in [0.3, 0.4) is 0 Å². The monoisotopic (exact) mass is 278 g/mol. The highest BCUT2D eigenvalue weighted by Crippen LogP contribution is 2.11. The Morgan fingerprint density at radius 1 is 1.25 bits per heavy atom. The lowest BCUT2D eigenvalue weighted by atomic mass is 10.0. The number of carboxylic acid groups (broad SMARTS) is 1. The zero-order valence-corrected chi connectivity index (χ0v) is 11.7. The van der Waals surface area contributed by atoms with Crippen LogP contribution in [-0.4, -0.2) is 23.5 Å². The first kappa shape index (κ1) is 16.2. The van der Waals surface area contributed by atoms with Gasteiger partial charge < -0.3 is 16.2 Å². The molecule has 4 N–H and O–H groups in total. The molecular weight excluding hydrogens is 256 g/mol. The first-order valence-corrected chi connectivity index (χ1v) is 6.80. The number of carbonyl (C=O) groups excluding carboxylic acids is 1. The zero-order chi connectivity index (χ0) is 15.0. The highest BCUT2D eigenvalue weighted by molar-refractivity contribution is 5.82. The molecule has 0 saturated heterocycles. The summed E-state index contributed by atoms with van der Waals surface area (Å²) in [6.07, 6.45) is 1.54. The second-order valence-electron chi connectivity index (χ2n) is 5.01. The first-order chi connectivity index (χ1) is 9.50. The molecular formula is C15H22N2O3. The molecule has 5 heteroatoms. The zero-order valence-electron chi connectivity index (χ0n) is 11.7. The van der Waals surface area contributed by atoms with Crippen molar-refractivity contribution in [1.29, 1.82) is 0 Å². The average Bonchev–Trinajstić information content (AvgIpc) is 2.45. The summed E-state index contributed by atoms with van der Waals surface area (Å²) in [5.74, 6) is -0.729. The minimum Gasteiger partial charge on any atom is -0.481 e. The van der Waals surface area contributed by atoms with E-state index in [4.69, 9.17) is 10.8 Å². The van der Waals surface area contributed by atoms with E-state index >= 15 is 0 Å². The molecule has 1 unspecified atom stereocenters. The van der Waals surface area contributed by atoms with Crippen molar-refractivity contribution in [3.63, 3.8) is 0 Å². The lowest BCUT2D eigenvalue weighted by molar-refractivity contribution is -0.137. The van der Waals surface area contributed by atoms with E-state index < -0.39 is 12.0 Å². The van der Waals surface area contributed by atoms with Crippen molar-refractivity contribution in [1.82, 2.24) is 5.32 Å². The standard InChI is InChI=1S/C15H22N2O3/c1-11(7-8-13(18)19)9-10-17-15(20)14(16)12-5-3-2-4-6-12/h2-6,11,14H,7-10,16H2,1H3,(H,17,20)(H,18,19)/t11?,14-/m1/s1. The van der Waals surface area contributed by atoms with Gasteiger partial charge in [0.15, 0.2) is 0 Å². The Kier molecular flexibility index (Phi) is 6.73. The van der Waals surface area contributed by atoms with E-state index in [1.165, 1.54) is 0 Å². The number of aliphatic carboxylic acids is 1. The second kappa shape index (κ2) is 8.32. The summed E-state index contributed by atoms with van der Waals surface area (Å²) >= 11 is 0. The molecule has 1 aromatic rings. The van der Waals surface area contributed by atoms with Gasteiger partial charge >= 0.3 is 5.97 Å². The van der Waals surface area contributed by atoms with Gasteiger partial charge in [0.2, 0.25) is 5.91 Å². The van der Waals surface area contributed by atoms with Gasteiger partial charge in [0.25, 0.3) is 0 Å². The lowest BCUT2D eigenvalue weighted by Gasteiger charge is -2.14. The number of nitrogens with one attached hydrogen (secondary N) is 1. The molecule has 1 amide bonds. The molecule has 0 radical (unpaired) electrons. The first-order valence-electron chi connectivity index (χ1n) is 6.80. The normalized spacial score (nSPS) is 13.5. The van der Waals surface area contributed by atoms with Gasteiger partial charge in [0, 0.05) is 13.0 Å². The van der Waals surface area contributed by atoms with E-state index in [1.54, 1.807) is 0 Å². The molecule has 0 saturated carbocycles. The molecule has 0 bridgehead atoms. The molecule has 2 atom stereocenters. The largest absolute Gasteiger partial charge is 0.481 e. The van der Waals surface area contributed by atoms with E-state index in [-0.39, 0.29) is 18.2 Å². The van der Waals surface area contributed by atoms with Crippen LogP contribution in [0.25, 0.3) is 0 Å². The van der Waals surface area contributed by atoms with E-state index in [9.17, 15) is 9.59 Å². The van der Waals surface area contributed by atoms with E-state index in [2.05, 4.69) is 5.32 Å². The fourth-order valence-corrected chi connectivity index (χ4v) is 1.88. The topological polar surface area (TPSA) is 92.4 Å². The Morgan fingerprint density at radius 2 is 1.90 bits per heavy atom. The third-order valence-corrected chi connectivity index (χ3v) is 3.23. The number of carboxylic acids is 1. The third kappa shape index (κ3) is 5.84. The molecule has 20 heavy (non-hydrogen) atoms. The van der Waals surface area contributed by atoms with Crippen LogP contribution in [0.15, 0.2) is 30.3 Å². The molecule has 1 rings (SSSR count). The van der Waals surface area contributed by atoms with Crippen LogP contribution in [0.4, 0.5) is 0 Å². The molecule has 110 valence electrons. The molecule has 0 spiro atoms. The molecule has 0 fully saturated rings. The summed E-state index contributed by atoms with van der Waals surface area (Å²) in [6.45, 7) is 2.49. The lowest BCUT2D eigenvalue weighted by Crippen LogP contribution is -2.35. The van der Waals surface area contributed by atoms with Gasteiger partial charge in [-0.1, -0.05) is 37.3 Å². The maximum absolute atomic E-state index is 11.9. The van der Waals surface area contributed by atoms with E-state index in [0.29, 0.717) is 13.0 Å². The minimum absolute atomic E-state index is 0.165. The predicted molar refractivity (Wildman–Crippen MR) is 77.0 cm³/mol. The molecule has 5 nitrogen and oxygen atoms in total. The van der Waals surface area contributed by atoms with Crippen LogP contribution in [0.1, 0.15) is 37.8 Å². The number of nitrogens with two attached hydrogens (primary N) is 1. The Hall–Kier alpha value is -1.88. The van der Waals surface area contributed by atoms with Gasteiger partial charge in [-0.25, -0.2) is 0 Å². The van der Waals surface area contributed by atoms with Crippen molar-refractivity contribution >= 4 is 11.9 Å². The number of benzene rings is 1. The van der Waals surface area contributed by atoms with E-state index in [0.717, 1.165) is 12.0 Å². The highest BCUT2D eigenvalue weighted by Gasteiger charge is 2.15. The summed E-state index contributed by atoms with van der Waals surface area (Å²) in [5, 5.41) is 11.4. The number of rotatable bonds is 8. The second-order valence-corrected chi connectivity index (χ2v) is 5.01. The van der Waals surface area contributed by atoms with Crippen molar-refractivity contribution in [3.05, 3.63) is 35.9 Å². The highest BCUT2D eigenvalue weighted by atomic mass is 16.4. The Labute approximate surface area is 119 Å². The number of hydrogen-bond donors (Lipinski definition) is 3. The van der Waals surface area contributed by atoms with Crippen molar-refractivity contribution in [2.75, 3.05) is 6.54 Å². The minimum atomic E-state index is -0.785. The molecule has 0 aliphatic heterocycles. The molecule has 0 aliphatic carbocycles. The SMILES string of the molecule is CC(CCNC(=O)[C@H](N)c1ccccc1)CCC(=O)O. The van der Waals surface area contributed by atoms with Gasteiger partial charge in [-0.15, -0.1) is 0 Å². The molecule has 0 aromatic heterocycles. The quantitative estimate of drug-likeness (QED) is 0.674. The van der Waals surface area contributed by atoms with Gasteiger partial charge in [-0.05, 0) is 24.3 Å². The Balaban J connectivity index is 2.28. The van der Waals surface area contributed by atoms with Crippen molar-refractivity contribution < 1.29 is 14.7 Å². The average molecular weight is 278 g/mol. The fraction of sp³-hybridized carbons (Fsp3) is 0.467. The third-order valence-electron chi connectivity index (χ3n) is 3.23. The van der Waals surface area contributed by atoms with E-state index in [1.807, 2.05) is 37.3 Å². The maximum Gasteiger partial charge on any atom is 0.303 e. The van der Waals surface area contributed by atoms with Gasteiger partial charge in [0.05, 0.1) is 0 Å². The van der Waals surface area contributed by atoms with Gasteiger partial charge in [0.1, 0.15) is 6.04 Å². The Bertz CT molecular complexity index is 434. The molecule has 1 aromatic carbocycles. The van der Waals surface area contributed by atoms with Gasteiger partial charge in [-0.2, -0.15) is 0 Å². The number of amides is 1. The van der Waals surface area contributed by atoms with Crippen LogP contribution in [-0.2, 0) is 9.59 Å².